The van der Waals surface area contributed by atoms with E-state index >= 15 is 0 Å². The average molecular weight is 359 g/mol. The summed E-state index contributed by atoms with van der Waals surface area (Å²) in [5, 5.41) is 2.49. The Bertz CT molecular complexity index is 799. The van der Waals surface area contributed by atoms with E-state index in [1.165, 1.54) is 29.4 Å². The topological polar surface area (TPSA) is 82.9 Å². The number of halogens is 1. The Kier molecular flexibility index (Phi) is 5.31. The summed E-state index contributed by atoms with van der Waals surface area (Å²) in [6.45, 7) is 1.44. The number of benzene rings is 1. The van der Waals surface area contributed by atoms with Gasteiger partial charge in [-0.05, 0) is 30.3 Å². The van der Waals surface area contributed by atoms with E-state index in [9.17, 15) is 18.8 Å². The highest BCUT2D eigenvalue weighted by molar-refractivity contribution is 6.03. The van der Waals surface area contributed by atoms with Gasteiger partial charge >= 0.3 is 0 Å². The molecule has 26 heavy (non-hydrogen) atoms. The van der Waals surface area contributed by atoms with Crippen molar-refractivity contribution in [1.29, 1.82) is 0 Å². The van der Waals surface area contributed by atoms with Crippen LogP contribution in [0.5, 0.6) is 0 Å². The number of nitrogens with one attached hydrogen (secondary N) is 1. The third-order valence-corrected chi connectivity index (χ3v) is 4.07. The van der Waals surface area contributed by atoms with E-state index in [1.54, 1.807) is 23.1 Å². The fraction of sp³-hybridized carbons (Fsp3) is 0.278. The van der Waals surface area contributed by atoms with Crippen molar-refractivity contribution < 1.29 is 23.2 Å². The van der Waals surface area contributed by atoms with Crippen LogP contribution in [-0.4, -0.2) is 53.7 Å². The molecule has 7 nitrogen and oxygen atoms in total. The second-order valence-electron chi connectivity index (χ2n) is 5.89. The minimum absolute atomic E-state index is 0.217. The summed E-state index contributed by atoms with van der Waals surface area (Å²) in [5.41, 5.74) is 0.302. The van der Waals surface area contributed by atoms with Gasteiger partial charge in [0, 0.05) is 31.9 Å². The molecule has 0 unspecified atom stereocenters. The molecule has 1 aliphatic heterocycles. The lowest BCUT2D eigenvalue weighted by Crippen LogP contribution is -2.51. The Labute approximate surface area is 149 Å². The largest absolute Gasteiger partial charge is 0.459 e. The van der Waals surface area contributed by atoms with Crippen LogP contribution in [-0.2, 0) is 9.59 Å². The molecule has 2 aromatic rings. The number of hydrogen-bond acceptors (Lipinski definition) is 4. The maximum absolute atomic E-state index is 13.1. The van der Waals surface area contributed by atoms with Crippen LogP contribution < -0.4 is 5.32 Å². The zero-order valence-electron chi connectivity index (χ0n) is 14.0. The van der Waals surface area contributed by atoms with Crippen LogP contribution in [0.25, 0.3) is 0 Å². The molecular formula is C18H18FN3O4. The summed E-state index contributed by atoms with van der Waals surface area (Å²) < 4.78 is 18.2. The first-order valence-corrected chi connectivity index (χ1v) is 8.19. The van der Waals surface area contributed by atoms with Gasteiger partial charge in [0.05, 0.1) is 6.26 Å². The first-order chi connectivity index (χ1) is 12.5. The van der Waals surface area contributed by atoms with Gasteiger partial charge in [-0.3, -0.25) is 14.4 Å². The molecule has 3 amide bonds. The summed E-state index contributed by atoms with van der Waals surface area (Å²) in [5.74, 6) is -1.25. The lowest BCUT2D eigenvalue weighted by molar-refractivity contribution is -0.135. The van der Waals surface area contributed by atoms with E-state index < -0.39 is 11.7 Å². The number of hydrogen-bond donors (Lipinski definition) is 1. The third-order valence-electron chi connectivity index (χ3n) is 4.07. The molecule has 1 aromatic heterocycles. The van der Waals surface area contributed by atoms with Crippen LogP contribution in [0, 0.1) is 5.82 Å². The van der Waals surface area contributed by atoms with Crippen LogP contribution in [0.3, 0.4) is 0 Å². The first kappa shape index (κ1) is 17.7. The lowest BCUT2D eigenvalue weighted by atomic mass is 10.2. The molecule has 1 N–H and O–H groups in total. The van der Waals surface area contributed by atoms with E-state index in [4.69, 9.17) is 4.42 Å². The van der Waals surface area contributed by atoms with Crippen molar-refractivity contribution in [2.45, 2.75) is 6.42 Å². The number of carbonyl (C=O) groups excluding carboxylic acids is 3. The van der Waals surface area contributed by atoms with E-state index in [2.05, 4.69) is 5.32 Å². The third kappa shape index (κ3) is 4.27. The van der Waals surface area contributed by atoms with Crippen molar-refractivity contribution in [3.63, 3.8) is 0 Å². The molecule has 2 heterocycles. The fourth-order valence-corrected chi connectivity index (χ4v) is 2.74. The highest BCUT2D eigenvalue weighted by atomic mass is 19.1. The van der Waals surface area contributed by atoms with Gasteiger partial charge in [-0.15, -0.1) is 0 Å². The van der Waals surface area contributed by atoms with E-state index in [-0.39, 0.29) is 24.0 Å². The van der Waals surface area contributed by atoms with Gasteiger partial charge in [-0.2, -0.15) is 0 Å². The van der Waals surface area contributed by atoms with E-state index in [0.717, 1.165) is 0 Å². The smallest absolute Gasteiger partial charge is 0.289 e. The predicted octanol–water partition coefficient (Wildman–Crippen LogP) is 1.73. The second kappa shape index (κ2) is 7.81. The van der Waals surface area contributed by atoms with Gasteiger partial charge in [-0.1, -0.05) is 6.07 Å². The van der Waals surface area contributed by atoms with Gasteiger partial charge < -0.3 is 19.5 Å². The summed E-state index contributed by atoms with van der Waals surface area (Å²) >= 11 is 0. The van der Waals surface area contributed by atoms with Crippen LogP contribution in [0.15, 0.2) is 47.1 Å². The lowest BCUT2D eigenvalue weighted by Gasteiger charge is -2.34. The number of piperazine rings is 1. The zero-order valence-corrected chi connectivity index (χ0v) is 14.0. The Morgan fingerprint density at radius 2 is 1.77 bits per heavy atom. The number of furan rings is 1. The first-order valence-electron chi connectivity index (χ1n) is 8.19. The zero-order chi connectivity index (χ0) is 18.5. The minimum Gasteiger partial charge on any atom is -0.459 e. The van der Waals surface area contributed by atoms with Gasteiger partial charge in [0.15, 0.2) is 5.76 Å². The minimum atomic E-state index is -0.505. The molecule has 0 spiro atoms. The summed E-state index contributed by atoms with van der Waals surface area (Å²) in [4.78, 5) is 39.5. The fourth-order valence-electron chi connectivity index (χ4n) is 2.74. The number of anilines is 1. The van der Waals surface area contributed by atoms with Crippen LogP contribution in [0.1, 0.15) is 17.0 Å². The van der Waals surface area contributed by atoms with Crippen LogP contribution in [0.2, 0.25) is 0 Å². The number of rotatable bonds is 4. The molecule has 136 valence electrons. The Morgan fingerprint density at radius 1 is 1.04 bits per heavy atom. The summed E-state index contributed by atoms with van der Waals surface area (Å²) in [7, 11) is 0. The predicted molar refractivity (Wildman–Crippen MR) is 90.8 cm³/mol. The van der Waals surface area contributed by atoms with Gasteiger partial charge in [0.25, 0.3) is 5.91 Å². The molecule has 1 fully saturated rings. The summed E-state index contributed by atoms with van der Waals surface area (Å²) in [6.07, 6.45) is 1.10. The molecule has 8 heteroatoms. The van der Waals surface area contributed by atoms with Gasteiger partial charge in [-0.25, -0.2) is 4.39 Å². The SMILES string of the molecule is O=C(CC(=O)N1CCN(C(=O)c2ccco2)CC1)Nc1cccc(F)c1. The summed E-state index contributed by atoms with van der Waals surface area (Å²) in [6, 6.07) is 8.71. The highest BCUT2D eigenvalue weighted by Crippen LogP contribution is 2.12. The molecule has 1 aromatic carbocycles. The molecule has 1 aliphatic rings. The maximum Gasteiger partial charge on any atom is 0.289 e. The molecule has 1 saturated heterocycles. The average Bonchev–Trinajstić information content (AvgIpc) is 3.15. The molecule has 0 saturated carbocycles. The van der Waals surface area contributed by atoms with Crippen molar-refractivity contribution >= 4 is 23.4 Å². The number of amides is 3. The number of carbonyl (C=O) groups is 3. The molecular weight excluding hydrogens is 341 g/mol. The molecule has 3 rings (SSSR count). The Morgan fingerprint density at radius 3 is 2.42 bits per heavy atom. The van der Waals surface area contributed by atoms with Crippen molar-refractivity contribution in [1.82, 2.24) is 9.80 Å². The highest BCUT2D eigenvalue weighted by Gasteiger charge is 2.26. The van der Waals surface area contributed by atoms with Crippen molar-refractivity contribution in [2.75, 3.05) is 31.5 Å². The van der Waals surface area contributed by atoms with Gasteiger partial charge in [0.1, 0.15) is 12.2 Å². The molecule has 0 atom stereocenters. The maximum atomic E-state index is 13.1. The van der Waals surface area contributed by atoms with Gasteiger partial charge in [0.2, 0.25) is 11.8 Å². The van der Waals surface area contributed by atoms with Crippen molar-refractivity contribution in [3.8, 4) is 0 Å². The Hall–Kier alpha value is -3.16. The molecule has 0 bridgehead atoms. The molecule has 0 radical (unpaired) electrons. The second-order valence-corrected chi connectivity index (χ2v) is 5.89. The Balaban J connectivity index is 1.47. The van der Waals surface area contributed by atoms with E-state index in [1.807, 2.05) is 0 Å². The molecule has 0 aliphatic carbocycles. The standard InChI is InChI=1S/C18H18FN3O4/c19-13-3-1-4-14(11-13)20-16(23)12-17(24)21-6-8-22(9-7-21)18(25)15-5-2-10-26-15/h1-5,10-11H,6-9,12H2,(H,20,23). The van der Waals surface area contributed by atoms with Crippen molar-refractivity contribution in [3.05, 3.63) is 54.2 Å². The van der Waals surface area contributed by atoms with Crippen LogP contribution in [0.4, 0.5) is 10.1 Å². The number of nitrogens with zero attached hydrogens (tertiary/aromatic N) is 2. The van der Waals surface area contributed by atoms with Crippen molar-refractivity contribution in [2.24, 2.45) is 0 Å². The van der Waals surface area contributed by atoms with Crippen LogP contribution >= 0.6 is 0 Å². The quantitative estimate of drug-likeness (QED) is 0.843. The normalized spacial score (nSPS) is 14.2. The van der Waals surface area contributed by atoms with E-state index in [0.29, 0.717) is 31.9 Å². The monoisotopic (exact) mass is 359 g/mol.